The van der Waals surface area contributed by atoms with Gasteiger partial charge in [0.15, 0.2) is 0 Å². The minimum atomic E-state index is 0.420. The molecule has 3 fully saturated rings. The molecule has 30 heavy (non-hydrogen) atoms. The molecule has 0 spiro atoms. The van der Waals surface area contributed by atoms with Gasteiger partial charge in [-0.2, -0.15) is 0 Å². The third-order valence-electron chi connectivity index (χ3n) is 7.29. The van der Waals surface area contributed by atoms with Crippen LogP contribution in [0.1, 0.15) is 56.9 Å². The van der Waals surface area contributed by atoms with Crippen LogP contribution < -0.4 is 4.74 Å². The van der Waals surface area contributed by atoms with Gasteiger partial charge in [0.1, 0.15) is 5.75 Å². The Morgan fingerprint density at radius 2 is 1.83 bits per heavy atom. The summed E-state index contributed by atoms with van der Waals surface area (Å²) in [6.07, 6.45) is 15.8. The molecule has 0 amide bonds. The van der Waals surface area contributed by atoms with Crippen molar-refractivity contribution in [2.75, 3.05) is 46.4 Å². The minimum Gasteiger partial charge on any atom is -0.496 e. The van der Waals surface area contributed by atoms with E-state index >= 15 is 0 Å². The molecule has 0 aromatic heterocycles. The van der Waals surface area contributed by atoms with E-state index in [1.807, 2.05) is 12.1 Å². The van der Waals surface area contributed by atoms with E-state index in [4.69, 9.17) is 9.47 Å². The Bertz CT molecular complexity index is 657. The fourth-order valence-corrected chi connectivity index (χ4v) is 5.57. The summed E-state index contributed by atoms with van der Waals surface area (Å²) in [4.78, 5) is 5.42. The highest BCUT2D eigenvalue weighted by Crippen LogP contribution is 2.28. The van der Waals surface area contributed by atoms with E-state index < -0.39 is 0 Å². The maximum Gasteiger partial charge on any atom is 0.126 e. The van der Waals surface area contributed by atoms with E-state index in [1.54, 1.807) is 7.11 Å². The third kappa shape index (κ3) is 6.09. The first-order valence-corrected chi connectivity index (χ1v) is 12.2. The van der Waals surface area contributed by atoms with Gasteiger partial charge in [0.2, 0.25) is 0 Å². The molecule has 4 nitrogen and oxygen atoms in total. The van der Waals surface area contributed by atoms with Crippen molar-refractivity contribution >= 4 is 6.08 Å². The van der Waals surface area contributed by atoms with Crippen molar-refractivity contribution in [3.05, 3.63) is 35.9 Å². The standard InChI is InChI=1S/C26H40N2O2/c1-29-26-13-5-2-8-23(26)9-6-16-27(21-25-12-7-19-30-25)20-22-14-17-28(18-15-22)24-10-3-4-11-24/h2,5-6,8-9,13,22,24-25H,3-4,7,10-12,14-21H2,1H3. The summed E-state index contributed by atoms with van der Waals surface area (Å²) in [6.45, 7) is 6.81. The quantitative estimate of drug-likeness (QED) is 0.579. The molecule has 1 aromatic carbocycles. The lowest BCUT2D eigenvalue weighted by atomic mass is 9.94. The van der Waals surface area contributed by atoms with Crippen molar-refractivity contribution in [1.82, 2.24) is 9.80 Å². The molecular weight excluding hydrogens is 372 g/mol. The van der Waals surface area contributed by atoms with Crippen LogP contribution in [-0.4, -0.2) is 68.4 Å². The van der Waals surface area contributed by atoms with Crippen LogP contribution in [0.5, 0.6) is 5.75 Å². The lowest BCUT2D eigenvalue weighted by Crippen LogP contribution is -2.43. The van der Waals surface area contributed by atoms with E-state index in [-0.39, 0.29) is 0 Å². The largest absolute Gasteiger partial charge is 0.496 e. The Hall–Kier alpha value is -1.36. The van der Waals surface area contributed by atoms with Crippen molar-refractivity contribution in [1.29, 1.82) is 0 Å². The van der Waals surface area contributed by atoms with E-state index in [1.165, 1.54) is 71.0 Å². The van der Waals surface area contributed by atoms with E-state index in [9.17, 15) is 0 Å². The first-order valence-electron chi connectivity index (χ1n) is 12.2. The number of likely N-dealkylation sites (tertiary alicyclic amines) is 1. The first kappa shape index (κ1) is 21.9. The smallest absolute Gasteiger partial charge is 0.126 e. The monoisotopic (exact) mass is 412 g/mol. The van der Waals surface area contributed by atoms with Gasteiger partial charge in [-0.05, 0) is 63.6 Å². The van der Waals surface area contributed by atoms with Crippen molar-refractivity contribution in [2.45, 2.75) is 63.5 Å². The number of hydrogen-bond donors (Lipinski definition) is 0. The van der Waals surface area contributed by atoms with Crippen LogP contribution in [0.3, 0.4) is 0 Å². The van der Waals surface area contributed by atoms with E-state index in [0.717, 1.165) is 43.0 Å². The average molecular weight is 413 g/mol. The number of rotatable bonds is 9. The topological polar surface area (TPSA) is 24.9 Å². The molecule has 3 aliphatic rings. The second kappa shape index (κ2) is 11.3. The molecule has 0 radical (unpaired) electrons. The van der Waals surface area contributed by atoms with Gasteiger partial charge in [0, 0.05) is 37.8 Å². The summed E-state index contributed by atoms with van der Waals surface area (Å²) in [6, 6.07) is 9.14. The van der Waals surface area contributed by atoms with Crippen molar-refractivity contribution in [3.63, 3.8) is 0 Å². The van der Waals surface area contributed by atoms with E-state index in [2.05, 4.69) is 34.1 Å². The van der Waals surface area contributed by atoms with Crippen LogP contribution in [0.2, 0.25) is 0 Å². The van der Waals surface area contributed by atoms with Crippen LogP contribution in [0.25, 0.3) is 6.08 Å². The predicted molar refractivity (Wildman–Crippen MR) is 124 cm³/mol. The second-order valence-corrected chi connectivity index (χ2v) is 9.42. The maximum atomic E-state index is 5.96. The van der Waals surface area contributed by atoms with Gasteiger partial charge < -0.3 is 14.4 Å². The van der Waals surface area contributed by atoms with Gasteiger partial charge in [0.25, 0.3) is 0 Å². The molecule has 0 N–H and O–H groups in total. The van der Waals surface area contributed by atoms with Gasteiger partial charge in [-0.1, -0.05) is 43.2 Å². The summed E-state index contributed by atoms with van der Waals surface area (Å²) >= 11 is 0. The lowest BCUT2D eigenvalue weighted by molar-refractivity contribution is 0.0614. The zero-order valence-electron chi connectivity index (χ0n) is 18.8. The third-order valence-corrected chi connectivity index (χ3v) is 7.29. The molecule has 1 unspecified atom stereocenters. The van der Waals surface area contributed by atoms with Crippen molar-refractivity contribution in [3.8, 4) is 5.75 Å². The molecule has 1 saturated carbocycles. The molecule has 2 saturated heterocycles. The Morgan fingerprint density at radius 3 is 2.57 bits per heavy atom. The van der Waals surface area contributed by atoms with Gasteiger partial charge in [0.05, 0.1) is 13.2 Å². The molecular formula is C26H40N2O2. The van der Waals surface area contributed by atoms with Crippen molar-refractivity contribution in [2.24, 2.45) is 5.92 Å². The molecule has 4 rings (SSSR count). The zero-order chi connectivity index (χ0) is 20.6. The predicted octanol–water partition coefficient (Wildman–Crippen LogP) is 4.84. The van der Waals surface area contributed by atoms with Crippen LogP contribution in [0.15, 0.2) is 30.3 Å². The van der Waals surface area contributed by atoms with Gasteiger partial charge in [-0.25, -0.2) is 0 Å². The highest BCUT2D eigenvalue weighted by atomic mass is 16.5. The highest BCUT2D eigenvalue weighted by molar-refractivity contribution is 5.57. The minimum absolute atomic E-state index is 0.420. The summed E-state index contributed by atoms with van der Waals surface area (Å²) in [7, 11) is 1.74. The van der Waals surface area contributed by atoms with Gasteiger partial charge in [-0.15, -0.1) is 0 Å². The number of ether oxygens (including phenoxy) is 2. The number of hydrogen-bond acceptors (Lipinski definition) is 4. The molecule has 0 bridgehead atoms. The Kier molecular flexibility index (Phi) is 8.24. The van der Waals surface area contributed by atoms with Crippen LogP contribution in [-0.2, 0) is 4.74 Å². The maximum absolute atomic E-state index is 5.96. The molecule has 1 aliphatic carbocycles. The fourth-order valence-electron chi connectivity index (χ4n) is 5.57. The van der Waals surface area contributed by atoms with Crippen LogP contribution in [0.4, 0.5) is 0 Å². The van der Waals surface area contributed by atoms with Crippen LogP contribution >= 0.6 is 0 Å². The first-order chi connectivity index (χ1) is 14.8. The fraction of sp³-hybridized carbons (Fsp3) is 0.692. The summed E-state index contributed by atoms with van der Waals surface area (Å²) < 4.78 is 11.5. The van der Waals surface area contributed by atoms with Crippen molar-refractivity contribution < 1.29 is 9.47 Å². The molecule has 166 valence electrons. The zero-order valence-corrected chi connectivity index (χ0v) is 18.8. The Morgan fingerprint density at radius 1 is 1.03 bits per heavy atom. The normalized spacial score (nSPS) is 24.4. The van der Waals surface area contributed by atoms with E-state index in [0.29, 0.717) is 6.10 Å². The molecule has 4 heteroatoms. The van der Waals surface area contributed by atoms with Gasteiger partial charge >= 0.3 is 0 Å². The van der Waals surface area contributed by atoms with Gasteiger partial charge in [-0.3, -0.25) is 4.90 Å². The Labute approximate surface area is 183 Å². The Balaban J connectivity index is 1.31. The molecule has 2 heterocycles. The average Bonchev–Trinajstić information content (AvgIpc) is 3.49. The lowest BCUT2D eigenvalue weighted by Gasteiger charge is -2.38. The SMILES string of the molecule is COc1ccccc1C=CCN(CC1CCN(C2CCCC2)CC1)CC1CCCO1. The van der Waals surface area contributed by atoms with Crippen LogP contribution in [0, 0.1) is 5.92 Å². The molecule has 1 atom stereocenters. The second-order valence-electron chi connectivity index (χ2n) is 9.42. The molecule has 1 aromatic rings. The molecule has 2 aliphatic heterocycles. The summed E-state index contributed by atoms with van der Waals surface area (Å²) in [5, 5.41) is 0. The number of benzene rings is 1. The number of nitrogens with zero attached hydrogens (tertiary/aromatic N) is 2. The summed E-state index contributed by atoms with van der Waals surface area (Å²) in [5.74, 6) is 1.77. The highest BCUT2D eigenvalue weighted by Gasteiger charge is 2.28. The number of methoxy groups -OCH3 is 1. The number of para-hydroxylation sites is 1. The number of piperidine rings is 1. The summed E-state index contributed by atoms with van der Waals surface area (Å²) in [5.41, 5.74) is 1.15.